The number of benzene rings is 1. The molecule has 108 valence electrons. The van der Waals surface area contributed by atoms with Gasteiger partial charge in [0.15, 0.2) is 0 Å². The zero-order valence-corrected chi connectivity index (χ0v) is 11.7. The van der Waals surface area contributed by atoms with Crippen molar-refractivity contribution in [3.8, 4) is 0 Å². The third-order valence-electron chi connectivity index (χ3n) is 2.73. The summed E-state index contributed by atoms with van der Waals surface area (Å²) < 4.78 is 13.0. The third-order valence-corrected chi connectivity index (χ3v) is 2.73. The Kier molecular flexibility index (Phi) is 5.02. The van der Waals surface area contributed by atoms with Crippen molar-refractivity contribution in [2.24, 2.45) is 5.41 Å². The van der Waals surface area contributed by atoms with Crippen molar-refractivity contribution in [1.82, 2.24) is 5.32 Å². The zero-order chi connectivity index (χ0) is 15.3. The number of carboxylic acids is 1. The summed E-state index contributed by atoms with van der Waals surface area (Å²) in [6, 6.07) is 5.51. The lowest BCUT2D eigenvalue weighted by molar-refractivity contribution is -0.131. The fourth-order valence-electron chi connectivity index (χ4n) is 1.79. The smallest absolute Gasteiger partial charge is 0.328 e. The summed E-state index contributed by atoms with van der Waals surface area (Å²) in [4.78, 5) is 22.1. The van der Waals surface area contributed by atoms with Gasteiger partial charge in [-0.2, -0.15) is 0 Å². The van der Waals surface area contributed by atoms with Gasteiger partial charge in [-0.3, -0.25) is 4.79 Å². The van der Waals surface area contributed by atoms with Crippen molar-refractivity contribution in [3.63, 3.8) is 0 Å². The summed E-state index contributed by atoms with van der Waals surface area (Å²) in [5.41, 5.74) is 0.459. The normalized spacial score (nSPS) is 13.2. The van der Waals surface area contributed by atoms with Crippen molar-refractivity contribution in [3.05, 3.63) is 47.8 Å². The van der Waals surface area contributed by atoms with E-state index in [1.807, 2.05) is 20.8 Å². The van der Waals surface area contributed by atoms with E-state index in [0.29, 0.717) is 0 Å². The predicted octanol–water partition coefficient (Wildman–Crippen LogP) is 2.67. The van der Waals surface area contributed by atoms with Crippen LogP contribution in [0.5, 0.6) is 0 Å². The molecule has 0 heterocycles. The molecular formula is C15H18FNO3. The van der Waals surface area contributed by atoms with Crippen LogP contribution in [0.2, 0.25) is 0 Å². The average Bonchev–Trinajstić information content (AvgIpc) is 2.33. The predicted molar refractivity (Wildman–Crippen MR) is 73.5 cm³/mol. The number of nitrogens with one attached hydrogen (secondary N) is 1. The Bertz CT molecular complexity index is 515. The Morgan fingerprint density at radius 2 is 1.75 bits per heavy atom. The van der Waals surface area contributed by atoms with Gasteiger partial charge >= 0.3 is 5.97 Å². The van der Waals surface area contributed by atoms with Gasteiger partial charge in [0.1, 0.15) is 5.82 Å². The first-order valence-electron chi connectivity index (χ1n) is 6.17. The van der Waals surface area contributed by atoms with Crippen LogP contribution in [0.3, 0.4) is 0 Å². The van der Waals surface area contributed by atoms with Gasteiger partial charge in [-0.1, -0.05) is 32.9 Å². The summed E-state index contributed by atoms with van der Waals surface area (Å²) in [5.74, 6) is -2.04. The van der Waals surface area contributed by atoms with E-state index in [1.165, 1.54) is 12.1 Å². The largest absolute Gasteiger partial charge is 0.478 e. The Morgan fingerprint density at radius 3 is 2.20 bits per heavy atom. The summed E-state index contributed by atoms with van der Waals surface area (Å²) in [7, 11) is 0. The highest BCUT2D eigenvalue weighted by atomic mass is 19.1. The molecule has 1 aromatic carbocycles. The van der Waals surface area contributed by atoms with Gasteiger partial charge in [-0.15, -0.1) is 0 Å². The third kappa shape index (κ3) is 4.84. The molecule has 0 aliphatic carbocycles. The van der Waals surface area contributed by atoms with E-state index in [0.717, 1.165) is 17.7 Å². The minimum absolute atomic E-state index is 0.301. The van der Waals surface area contributed by atoms with Crippen LogP contribution in [-0.2, 0) is 9.59 Å². The lowest BCUT2D eigenvalue weighted by atomic mass is 9.82. The lowest BCUT2D eigenvalue weighted by Crippen LogP contribution is -2.35. The fourth-order valence-corrected chi connectivity index (χ4v) is 1.79. The molecule has 0 fully saturated rings. The van der Waals surface area contributed by atoms with E-state index in [9.17, 15) is 14.0 Å². The molecule has 1 atom stereocenters. The van der Waals surface area contributed by atoms with Crippen LogP contribution < -0.4 is 5.32 Å². The van der Waals surface area contributed by atoms with Crippen molar-refractivity contribution in [2.75, 3.05) is 0 Å². The molecule has 0 radical (unpaired) electrons. The standard InChI is InChI=1S/C15H18FNO3/c1-15(2,3)14(10-4-6-11(16)7-5-10)17-12(18)8-9-13(19)20/h4-9,14H,1-3H3,(H,17,18)(H,19,20)/b9-8+. The number of aliphatic carboxylic acids is 1. The first-order chi connectivity index (χ1) is 9.20. The molecular weight excluding hydrogens is 261 g/mol. The molecule has 0 saturated carbocycles. The van der Waals surface area contributed by atoms with E-state index in [1.54, 1.807) is 12.1 Å². The van der Waals surface area contributed by atoms with Crippen LogP contribution in [0.15, 0.2) is 36.4 Å². The maximum Gasteiger partial charge on any atom is 0.328 e. The molecule has 1 rings (SSSR count). The SMILES string of the molecule is CC(C)(C)C(NC(=O)/C=C/C(=O)O)c1ccc(F)cc1. The molecule has 0 saturated heterocycles. The van der Waals surface area contributed by atoms with Gasteiger partial charge in [0.25, 0.3) is 0 Å². The topological polar surface area (TPSA) is 66.4 Å². The van der Waals surface area contributed by atoms with Crippen molar-refractivity contribution < 1.29 is 19.1 Å². The van der Waals surface area contributed by atoms with Crippen molar-refractivity contribution in [1.29, 1.82) is 0 Å². The molecule has 0 aliphatic heterocycles. The first-order valence-corrected chi connectivity index (χ1v) is 6.17. The van der Waals surface area contributed by atoms with Crippen LogP contribution >= 0.6 is 0 Å². The van der Waals surface area contributed by atoms with Crippen LogP contribution in [-0.4, -0.2) is 17.0 Å². The Balaban J connectivity index is 2.94. The quantitative estimate of drug-likeness (QED) is 0.833. The molecule has 1 unspecified atom stereocenters. The van der Waals surface area contributed by atoms with Crippen LogP contribution in [0.1, 0.15) is 32.4 Å². The van der Waals surface area contributed by atoms with Crippen LogP contribution in [0.4, 0.5) is 4.39 Å². The number of hydrogen-bond acceptors (Lipinski definition) is 2. The van der Waals surface area contributed by atoms with Gasteiger partial charge in [0.2, 0.25) is 5.91 Å². The van der Waals surface area contributed by atoms with E-state index >= 15 is 0 Å². The van der Waals surface area contributed by atoms with Gasteiger partial charge in [0.05, 0.1) is 6.04 Å². The minimum atomic E-state index is -1.19. The molecule has 5 heteroatoms. The number of carbonyl (C=O) groups is 2. The number of amides is 1. The molecule has 4 nitrogen and oxygen atoms in total. The second kappa shape index (κ2) is 6.32. The molecule has 1 amide bonds. The fraction of sp³-hybridized carbons (Fsp3) is 0.333. The minimum Gasteiger partial charge on any atom is -0.478 e. The maximum atomic E-state index is 13.0. The molecule has 0 aliphatic rings. The summed E-state index contributed by atoms with van der Waals surface area (Å²) in [6.45, 7) is 5.80. The maximum absolute atomic E-state index is 13.0. The summed E-state index contributed by atoms with van der Waals surface area (Å²) in [6.07, 6.45) is 1.74. The molecule has 0 spiro atoms. The number of halogens is 1. The monoisotopic (exact) mass is 279 g/mol. The highest BCUT2D eigenvalue weighted by Gasteiger charge is 2.27. The van der Waals surface area contributed by atoms with E-state index in [4.69, 9.17) is 5.11 Å². The number of rotatable bonds is 4. The average molecular weight is 279 g/mol. The van der Waals surface area contributed by atoms with Crippen LogP contribution in [0, 0.1) is 11.2 Å². The first kappa shape index (κ1) is 15.9. The Labute approximate surface area is 117 Å². The second-order valence-corrected chi connectivity index (χ2v) is 5.53. The van der Waals surface area contributed by atoms with E-state index in [-0.39, 0.29) is 17.3 Å². The van der Waals surface area contributed by atoms with Gasteiger partial charge < -0.3 is 10.4 Å². The summed E-state index contributed by atoms with van der Waals surface area (Å²) >= 11 is 0. The Hall–Kier alpha value is -2.17. The highest BCUT2D eigenvalue weighted by Crippen LogP contribution is 2.32. The molecule has 0 bridgehead atoms. The van der Waals surface area contributed by atoms with Gasteiger partial charge in [-0.25, -0.2) is 9.18 Å². The van der Waals surface area contributed by atoms with Crippen molar-refractivity contribution in [2.45, 2.75) is 26.8 Å². The molecule has 1 aromatic rings. The number of hydrogen-bond donors (Lipinski definition) is 2. The zero-order valence-electron chi connectivity index (χ0n) is 11.7. The van der Waals surface area contributed by atoms with Crippen LogP contribution in [0.25, 0.3) is 0 Å². The lowest BCUT2D eigenvalue weighted by Gasteiger charge is -2.31. The van der Waals surface area contributed by atoms with Gasteiger partial charge in [-0.05, 0) is 23.1 Å². The van der Waals surface area contributed by atoms with E-state index in [2.05, 4.69) is 5.32 Å². The second-order valence-electron chi connectivity index (χ2n) is 5.53. The van der Waals surface area contributed by atoms with Gasteiger partial charge in [0, 0.05) is 12.2 Å². The Morgan fingerprint density at radius 1 is 1.20 bits per heavy atom. The molecule has 20 heavy (non-hydrogen) atoms. The number of carboxylic acid groups (broad SMARTS) is 1. The van der Waals surface area contributed by atoms with E-state index < -0.39 is 11.9 Å². The van der Waals surface area contributed by atoms with Crippen molar-refractivity contribution >= 4 is 11.9 Å². The molecule has 2 N–H and O–H groups in total. The number of carbonyl (C=O) groups excluding carboxylic acids is 1. The molecule has 0 aromatic heterocycles. The highest BCUT2D eigenvalue weighted by molar-refractivity contribution is 5.94. The summed E-state index contributed by atoms with van der Waals surface area (Å²) in [5, 5.41) is 11.2.